The number of rotatable bonds is 6. The highest BCUT2D eigenvalue weighted by Crippen LogP contribution is 2.33. The van der Waals surface area contributed by atoms with Crippen molar-refractivity contribution >= 4 is 44.2 Å². The Kier molecular flexibility index (Phi) is 5.37. The van der Waals surface area contributed by atoms with Crippen LogP contribution in [0.5, 0.6) is 0 Å². The van der Waals surface area contributed by atoms with E-state index in [9.17, 15) is 17.2 Å². The molecule has 10 heteroatoms. The van der Waals surface area contributed by atoms with Crippen molar-refractivity contribution in [3.05, 3.63) is 58.9 Å². The molecule has 1 aliphatic rings. The monoisotopic (exact) mass is 436 g/mol. The number of sulfonamides is 1. The van der Waals surface area contributed by atoms with Gasteiger partial charge in [-0.15, -0.1) is 11.3 Å². The van der Waals surface area contributed by atoms with Crippen molar-refractivity contribution in [2.45, 2.75) is 17.7 Å². The van der Waals surface area contributed by atoms with Gasteiger partial charge >= 0.3 is 0 Å². The molecule has 3 aromatic rings. The lowest BCUT2D eigenvalue weighted by molar-refractivity contribution is 0.570. The third-order valence-electron chi connectivity index (χ3n) is 4.58. The molecule has 1 saturated heterocycles. The molecule has 0 unspecified atom stereocenters. The van der Waals surface area contributed by atoms with Crippen molar-refractivity contribution in [3.8, 4) is 0 Å². The van der Waals surface area contributed by atoms with Crippen LogP contribution < -0.4 is 14.9 Å². The van der Waals surface area contributed by atoms with Crippen molar-refractivity contribution in [2.75, 3.05) is 28.0 Å². The van der Waals surface area contributed by atoms with Gasteiger partial charge in [0.2, 0.25) is 0 Å². The quantitative estimate of drug-likeness (QED) is 0.592. The molecule has 1 aliphatic heterocycles. The summed E-state index contributed by atoms with van der Waals surface area (Å²) in [6.07, 6.45) is 2.06. The number of hydrogen-bond donors (Lipinski definition) is 2. The molecule has 29 heavy (non-hydrogen) atoms. The Bertz CT molecular complexity index is 1120. The first-order valence-electron chi connectivity index (χ1n) is 8.94. The second-order valence-corrected chi connectivity index (χ2v) is 8.97. The first-order chi connectivity index (χ1) is 13.9. The van der Waals surface area contributed by atoms with Gasteiger partial charge in [-0.05, 0) is 49.2 Å². The lowest BCUT2D eigenvalue weighted by atomic mass is 10.2. The number of benzene rings is 2. The Balaban J connectivity index is 1.59. The van der Waals surface area contributed by atoms with Crippen molar-refractivity contribution in [1.29, 1.82) is 0 Å². The maximum Gasteiger partial charge on any atom is 0.265 e. The topological polar surface area (TPSA) is 74.3 Å². The molecule has 0 bridgehead atoms. The summed E-state index contributed by atoms with van der Waals surface area (Å²) in [5, 5.41) is 4.58. The molecular weight excluding hydrogens is 418 g/mol. The molecule has 0 spiro atoms. The Hall–Kier alpha value is -2.72. The van der Waals surface area contributed by atoms with Crippen LogP contribution in [0.2, 0.25) is 0 Å². The van der Waals surface area contributed by atoms with E-state index in [1.54, 1.807) is 6.07 Å². The summed E-state index contributed by atoms with van der Waals surface area (Å²) in [5.41, 5.74) is 3.16. The zero-order chi connectivity index (χ0) is 20.4. The number of hydrogen-bond acceptors (Lipinski definition) is 6. The van der Waals surface area contributed by atoms with Crippen LogP contribution in [0.1, 0.15) is 12.8 Å². The average molecular weight is 437 g/mol. The second-order valence-electron chi connectivity index (χ2n) is 6.61. The minimum absolute atomic E-state index is 0.137. The molecule has 2 N–H and O–H groups in total. The summed E-state index contributed by atoms with van der Waals surface area (Å²) in [6, 6.07) is 8.12. The number of halogens is 2. The Labute approximate surface area is 171 Å². The van der Waals surface area contributed by atoms with Gasteiger partial charge in [0.25, 0.3) is 10.0 Å². The first-order valence-corrected chi connectivity index (χ1v) is 11.4. The van der Waals surface area contributed by atoms with E-state index < -0.39 is 20.7 Å². The van der Waals surface area contributed by atoms with Gasteiger partial charge in [0.1, 0.15) is 16.5 Å². The van der Waals surface area contributed by atoms with Crippen LogP contribution in [-0.4, -0.2) is 26.5 Å². The second kappa shape index (κ2) is 7.96. The summed E-state index contributed by atoms with van der Waals surface area (Å²) in [4.78, 5) is 5.43. The van der Waals surface area contributed by atoms with Crippen LogP contribution in [0.15, 0.2) is 52.2 Å². The van der Waals surface area contributed by atoms with Crippen LogP contribution >= 0.6 is 11.3 Å². The van der Waals surface area contributed by atoms with Gasteiger partial charge in [-0.2, -0.15) is 0 Å². The van der Waals surface area contributed by atoms with E-state index >= 15 is 0 Å². The fraction of sp³-hybridized carbons (Fsp3) is 0.211. The van der Waals surface area contributed by atoms with E-state index in [1.807, 2.05) is 0 Å². The van der Waals surface area contributed by atoms with Crippen LogP contribution in [0.3, 0.4) is 0 Å². The molecule has 2 heterocycles. The largest absolute Gasteiger partial charge is 0.370 e. The highest BCUT2D eigenvalue weighted by molar-refractivity contribution is 7.92. The van der Waals surface area contributed by atoms with Crippen LogP contribution in [0.4, 0.5) is 31.7 Å². The van der Waals surface area contributed by atoms with Gasteiger partial charge in [0.15, 0.2) is 5.82 Å². The minimum atomic E-state index is -4.10. The predicted molar refractivity (Wildman–Crippen MR) is 110 cm³/mol. The summed E-state index contributed by atoms with van der Waals surface area (Å²) in [5.74, 6) is -1.11. The van der Waals surface area contributed by atoms with E-state index in [2.05, 4.69) is 19.9 Å². The van der Waals surface area contributed by atoms with E-state index in [0.717, 1.165) is 32.0 Å². The van der Waals surface area contributed by atoms with Crippen LogP contribution in [-0.2, 0) is 10.0 Å². The number of nitrogens with zero attached hydrogens (tertiary/aromatic N) is 2. The van der Waals surface area contributed by atoms with Crippen molar-refractivity contribution in [3.63, 3.8) is 0 Å². The van der Waals surface area contributed by atoms with Gasteiger partial charge in [-0.25, -0.2) is 22.2 Å². The molecule has 0 radical (unpaired) electrons. The maximum absolute atomic E-state index is 14.6. The van der Waals surface area contributed by atoms with Crippen molar-refractivity contribution in [1.82, 2.24) is 4.98 Å². The fourth-order valence-corrected chi connectivity index (χ4v) is 4.86. The van der Waals surface area contributed by atoms with Gasteiger partial charge < -0.3 is 10.2 Å². The molecule has 4 rings (SSSR count). The molecule has 1 aromatic heterocycles. The minimum Gasteiger partial charge on any atom is -0.370 e. The highest BCUT2D eigenvalue weighted by atomic mass is 32.2. The van der Waals surface area contributed by atoms with Crippen LogP contribution in [0, 0.1) is 11.6 Å². The molecular formula is C19H18F2N4O2S2. The van der Waals surface area contributed by atoms with Crippen LogP contribution in [0.25, 0.3) is 0 Å². The lowest BCUT2D eigenvalue weighted by Gasteiger charge is -2.22. The normalized spacial score (nSPS) is 14.2. The smallest absolute Gasteiger partial charge is 0.265 e. The van der Waals surface area contributed by atoms with Gasteiger partial charge in [-0.3, -0.25) is 4.72 Å². The Morgan fingerprint density at radius 2 is 1.86 bits per heavy atom. The molecule has 6 nitrogen and oxygen atoms in total. The van der Waals surface area contributed by atoms with Gasteiger partial charge in [-0.1, -0.05) is 0 Å². The van der Waals surface area contributed by atoms with Crippen molar-refractivity contribution in [2.24, 2.45) is 0 Å². The van der Waals surface area contributed by atoms with E-state index in [-0.39, 0.29) is 11.6 Å². The molecule has 1 fully saturated rings. The molecule has 2 aromatic carbocycles. The van der Waals surface area contributed by atoms with E-state index in [0.29, 0.717) is 17.1 Å². The lowest BCUT2D eigenvalue weighted by Crippen LogP contribution is -2.19. The Morgan fingerprint density at radius 3 is 2.55 bits per heavy atom. The summed E-state index contributed by atoms with van der Waals surface area (Å²) >= 11 is 1.22. The first kappa shape index (κ1) is 19.6. The number of nitrogens with one attached hydrogen (secondary N) is 2. The van der Waals surface area contributed by atoms with E-state index in [4.69, 9.17) is 0 Å². The van der Waals surface area contributed by atoms with Crippen molar-refractivity contribution < 1.29 is 17.2 Å². The fourth-order valence-electron chi connectivity index (χ4n) is 3.24. The van der Waals surface area contributed by atoms with E-state index in [1.165, 1.54) is 46.5 Å². The highest BCUT2D eigenvalue weighted by Gasteiger charge is 2.21. The van der Waals surface area contributed by atoms with Gasteiger partial charge in [0.05, 0.1) is 16.9 Å². The zero-order valence-electron chi connectivity index (χ0n) is 15.2. The number of thiazole rings is 1. The summed E-state index contributed by atoms with van der Waals surface area (Å²) < 4.78 is 55.4. The summed E-state index contributed by atoms with van der Waals surface area (Å²) in [7, 11) is -4.10. The number of anilines is 4. The predicted octanol–water partition coefficient (Wildman–Crippen LogP) is 4.57. The third-order valence-corrected chi connectivity index (χ3v) is 6.55. The maximum atomic E-state index is 14.6. The number of aromatic nitrogens is 1. The average Bonchev–Trinajstić information content (AvgIpc) is 3.36. The molecule has 152 valence electrons. The Morgan fingerprint density at radius 1 is 1.07 bits per heavy atom. The van der Waals surface area contributed by atoms with Gasteiger partial charge in [0, 0.05) is 24.2 Å². The molecule has 0 atom stereocenters. The SMILES string of the molecule is O=S(=O)(Nc1cscn1)c1ccc(Nc2ccc(F)cc2N2CCCC2)cc1F. The third kappa shape index (κ3) is 4.33. The summed E-state index contributed by atoms with van der Waals surface area (Å²) in [6.45, 7) is 1.65. The zero-order valence-corrected chi connectivity index (χ0v) is 16.9. The molecule has 0 saturated carbocycles. The standard InChI is InChI=1S/C19H18F2N4O2S2/c20-13-3-5-16(17(9-13)25-7-1-2-8-25)23-14-4-6-18(15(21)10-14)29(26,27)24-19-11-28-12-22-19/h3-6,9-12,23-24H,1-2,7-8H2. The molecule has 0 amide bonds. The molecule has 0 aliphatic carbocycles.